The molecule has 3 heterocycles. The van der Waals surface area contributed by atoms with Crippen molar-refractivity contribution in [2.24, 2.45) is 0 Å². The molecule has 30 heavy (non-hydrogen) atoms. The van der Waals surface area contributed by atoms with Crippen LogP contribution < -0.4 is 5.56 Å². The van der Waals surface area contributed by atoms with E-state index in [1.54, 1.807) is 18.3 Å². The first-order chi connectivity index (χ1) is 14.4. The number of pyridine rings is 1. The van der Waals surface area contributed by atoms with Crippen LogP contribution in [0.15, 0.2) is 41.7 Å². The lowest BCUT2D eigenvalue weighted by Gasteiger charge is -2.16. The molecule has 1 fully saturated rings. The molecule has 0 amide bonds. The highest BCUT2D eigenvalue weighted by atomic mass is 19.4. The molecule has 1 aliphatic rings. The second kappa shape index (κ2) is 6.93. The minimum atomic E-state index is -4.53. The summed E-state index contributed by atoms with van der Waals surface area (Å²) >= 11 is 0. The molecular formula is C21H18F3N5O. The molecule has 1 N–H and O–H groups in total. The molecule has 0 radical (unpaired) electrons. The number of aromatic amines is 1. The third-order valence-corrected chi connectivity index (χ3v) is 5.81. The Hall–Kier alpha value is -3.23. The van der Waals surface area contributed by atoms with Crippen LogP contribution in [-0.4, -0.2) is 30.9 Å². The normalized spacial score (nSPS) is 15.4. The Labute approximate surface area is 168 Å². The number of fused-ring (bicyclic) bond motifs is 3. The number of nitrogens with zero attached hydrogens (tertiary/aromatic N) is 4. The Morgan fingerprint density at radius 3 is 2.70 bits per heavy atom. The van der Waals surface area contributed by atoms with Crippen molar-refractivity contribution in [3.05, 3.63) is 53.0 Å². The van der Waals surface area contributed by atoms with Crippen molar-refractivity contribution in [1.29, 1.82) is 0 Å². The minimum Gasteiger partial charge on any atom is -0.298 e. The molecule has 1 saturated carbocycles. The number of halogens is 3. The van der Waals surface area contributed by atoms with Crippen LogP contribution in [0.1, 0.15) is 37.3 Å². The van der Waals surface area contributed by atoms with Crippen molar-refractivity contribution in [3.8, 4) is 11.1 Å². The van der Waals surface area contributed by atoms with Crippen LogP contribution >= 0.6 is 0 Å². The molecule has 0 spiro atoms. The summed E-state index contributed by atoms with van der Waals surface area (Å²) in [4.78, 5) is 21.4. The van der Waals surface area contributed by atoms with E-state index in [2.05, 4.69) is 20.2 Å². The quantitative estimate of drug-likeness (QED) is 0.534. The van der Waals surface area contributed by atoms with E-state index in [0.717, 1.165) is 41.5 Å². The van der Waals surface area contributed by atoms with E-state index >= 15 is 0 Å². The topological polar surface area (TPSA) is 76.5 Å². The predicted molar refractivity (Wildman–Crippen MR) is 106 cm³/mol. The summed E-state index contributed by atoms with van der Waals surface area (Å²) in [5, 5.41) is 7.24. The van der Waals surface area contributed by atoms with Gasteiger partial charge in [-0.25, -0.2) is 9.97 Å². The molecule has 0 saturated heterocycles. The summed E-state index contributed by atoms with van der Waals surface area (Å²) in [7, 11) is 0. The molecule has 0 bridgehead atoms. The number of H-pyrrole nitrogens is 1. The molecule has 0 unspecified atom stereocenters. The number of aromatic nitrogens is 5. The van der Waals surface area contributed by atoms with Gasteiger partial charge in [-0.1, -0.05) is 25.0 Å². The zero-order valence-corrected chi connectivity index (χ0v) is 15.9. The maximum Gasteiger partial charge on any atom is 0.406 e. The average molecular weight is 413 g/mol. The van der Waals surface area contributed by atoms with Crippen molar-refractivity contribution >= 4 is 21.8 Å². The summed E-state index contributed by atoms with van der Waals surface area (Å²) in [5.74, 6) is 0.311. The maximum absolute atomic E-state index is 13.3. The van der Waals surface area contributed by atoms with E-state index in [4.69, 9.17) is 0 Å². The van der Waals surface area contributed by atoms with Gasteiger partial charge in [-0.15, -0.1) is 0 Å². The van der Waals surface area contributed by atoms with Crippen molar-refractivity contribution in [1.82, 2.24) is 24.7 Å². The van der Waals surface area contributed by atoms with Gasteiger partial charge in [0.15, 0.2) is 0 Å². The monoisotopic (exact) mass is 413 g/mol. The largest absolute Gasteiger partial charge is 0.406 e. The molecule has 0 atom stereocenters. The van der Waals surface area contributed by atoms with E-state index in [1.165, 1.54) is 12.5 Å². The second-order valence-electron chi connectivity index (χ2n) is 7.70. The van der Waals surface area contributed by atoms with Gasteiger partial charge in [0, 0.05) is 23.1 Å². The zero-order valence-electron chi connectivity index (χ0n) is 15.9. The van der Waals surface area contributed by atoms with Gasteiger partial charge in [0.25, 0.3) is 5.56 Å². The van der Waals surface area contributed by atoms with Crippen LogP contribution in [0.25, 0.3) is 32.9 Å². The van der Waals surface area contributed by atoms with Gasteiger partial charge in [0.05, 0.1) is 28.3 Å². The number of hydrogen-bond donors (Lipinski definition) is 1. The zero-order chi connectivity index (χ0) is 20.9. The van der Waals surface area contributed by atoms with Crippen molar-refractivity contribution in [3.63, 3.8) is 0 Å². The summed E-state index contributed by atoms with van der Waals surface area (Å²) in [5.41, 5.74) is 2.31. The first-order valence-corrected chi connectivity index (χ1v) is 9.79. The Bertz CT molecular complexity index is 1300. The molecule has 9 heteroatoms. The fourth-order valence-electron chi connectivity index (χ4n) is 4.46. The van der Waals surface area contributed by atoms with Gasteiger partial charge in [0.1, 0.15) is 12.9 Å². The number of rotatable bonds is 3. The van der Waals surface area contributed by atoms with Crippen LogP contribution in [0.3, 0.4) is 0 Å². The van der Waals surface area contributed by atoms with Crippen molar-refractivity contribution < 1.29 is 13.2 Å². The number of hydrogen-bond acceptors (Lipinski definition) is 4. The van der Waals surface area contributed by atoms with E-state index in [1.807, 2.05) is 6.07 Å². The lowest BCUT2D eigenvalue weighted by molar-refractivity contribution is -0.140. The SMILES string of the molecule is O=c1c2cn[nH]c2c2ccc(-c3cncnc3C3CCCC3)cc2n1CC(F)(F)F. The predicted octanol–water partition coefficient (Wildman–Crippen LogP) is 4.55. The molecule has 1 aromatic carbocycles. The highest BCUT2D eigenvalue weighted by Crippen LogP contribution is 2.38. The van der Waals surface area contributed by atoms with E-state index < -0.39 is 18.3 Å². The molecule has 4 aromatic rings. The molecule has 1 aliphatic carbocycles. The molecular weight excluding hydrogens is 395 g/mol. The fraction of sp³-hybridized carbons (Fsp3) is 0.333. The molecule has 6 nitrogen and oxygen atoms in total. The molecule has 3 aromatic heterocycles. The van der Waals surface area contributed by atoms with Gasteiger partial charge in [0.2, 0.25) is 0 Å². The van der Waals surface area contributed by atoms with Gasteiger partial charge < -0.3 is 0 Å². The first kappa shape index (κ1) is 18.8. The Kier molecular flexibility index (Phi) is 4.34. The van der Waals surface area contributed by atoms with Crippen molar-refractivity contribution in [2.45, 2.75) is 44.3 Å². The van der Waals surface area contributed by atoms with Crippen LogP contribution in [0.4, 0.5) is 13.2 Å². The Balaban J connectivity index is 1.76. The maximum atomic E-state index is 13.3. The fourth-order valence-corrected chi connectivity index (χ4v) is 4.46. The number of nitrogens with one attached hydrogen (secondary N) is 1. The Morgan fingerprint density at radius 2 is 1.93 bits per heavy atom. The van der Waals surface area contributed by atoms with Crippen LogP contribution in [0, 0.1) is 0 Å². The van der Waals surface area contributed by atoms with Gasteiger partial charge >= 0.3 is 6.18 Å². The summed E-state index contributed by atoms with van der Waals surface area (Å²) in [6, 6.07) is 5.19. The highest BCUT2D eigenvalue weighted by molar-refractivity contribution is 6.04. The van der Waals surface area contributed by atoms with E-state index in [9.17, 15) is 18.0 Å². The third-order valence-electron chi connectivity index (χ3n) is 5.81. The average Bonchev–Trinajstić information content (AvgIpc) is 3.42. The van der Waals surface area contributed by atoms with E-state index in [-0.39, 0.29) is 10.9 Å². The van der Waals surface area contributed by atoms with Crippen LogP contribution in [0.5, 0.6) is 0 Å². The second-order valence-corrected chi connectivity index (χ2v) is 7.70. The van der Waals surface area contributed by atoms with Gasteiger partial charge in [-0.2, -0.15) is 18.3 Å². The standard InChI is InChI=1S/C21H18F3N5O/c22-21(23,24)10-29-17-7-13(5-6-14(17)19-16(20(29)30)9-27-28-19)15-8-25-11-26-18(15)12-3-1-2-4-12/h5-9,11-12H,1-4,10H2,(H,27,28). The summed E-state index contributed by atoms with van der Waals surface area (Å²) in [6.45, 7) is -1.37. The summed E-state index contributed by atoms with van der Waals surface area (Å²) in [6.07, 6.45) is 4.27. The third kappa shape index (κ3) is 3.14. The lowest BCUT2D eigenvalue weighted by Crippen LogP contribution is -2.28. The Morgan fingerprint density at radius 1 is 1.13 bits per heavy atom. The van der Waals surface area contributed by atoms with Crippen LogP contribution in [0.2, 0.25) is 0 Å². The molecule has 0 aliphatic heterocycles. The smallest absolute Gasteiger partial charge is 0.298 e. The van der Waals surface area contributed by atoms with Gasteiger partial charge in [-0.05, 0) is 24.5 Å². The highest BCUT2D eigenvalue weighted by Gasteiger charge is 2.30. The lowest BCUT2D eigenvalue weighted by atomic mass is 9.94. The summed E-state index contributed by atoms with van der Waals surface area (Å²) < 4.78 is 40.6. The first-order valence-electron chi connectivity index (χ1n) is 9.79. The van der Waals surface area contributed by atoms with Gasteiger partial charge in [-0.3, -0.25) is 14.5 Å². The van der Waals surface area contributed by atoms with Crippen molar-refractivity contribution in [2.75, 3.05) is 0 Å². The number of benzene rings is 1. The number of alkyl halides is 3. The molecule has 5 rings (SSSR count). The van der Waals surface area contributed by atoms with E-state index in [0.29, 0.717) is 22.4 Å². The molecule has 154 valence electrons. The minimum absolute atomic E-state index is 0.134. The van der Waals surface area contributed by atoms with Crippen LogP contribution in [-0.2, 0) is 6.54 Å².